The van der Waals surface area contributed by atoms with E-state index in [2.05, 4.69) is 6.92 Å². The number of aromatic hydroxyl groups is 2. The van der Waals surface area contributed by atoms with Gasteiger partial charge in [0, 0.05) is 11.8 Å². The number of phenols is 2. The summed E-state index contributed by atoms with van der Waals surface area (Å²) in [4.78, 5) is 0. The molecule has 0 bridgehead atoms. The van der Waals surface area contributed by atoms with E-state index in [1.165, 1.54) is 23.8 Å². The molecule has 2 aromatic rings. The van der Waals surface area contributed by atoms with Crippen LogP contribution in [0, 0.1) is 5.92 Å². The number of nitrogen functional groups attached to an aromatic ring is 1. The zero-order valence-corrected chi connectivity index (χ0v) is 12.7. The standard InChI is InChI=1S/C18H23NO3/c1-12(8-13-3-5-15(19)6-4-13)2-7-18(22)14-9-16(20)11-17(21)10-14/h3-6,9-12,18,20-22H,2,7-8,19H2,1H3/t12-,18+/m1/s1. The summed E-state index contributed by atoms with van der Waals surface area (Å²) < 4.78 is 0. The van der Waals surface area contributed by atoms with Crippen LogP contribution in [0.1, 0.15) is 37.0 Å². The molecule has 0 radical (unpaired) electrons. The minimum Gasteiger partial charge on any atom is -0.508 e. The maximum absolute atomic E-state index is 10.2. The maximum atomic E-state index is 10.2. The van der Waals surface area contributed by atoms with Crippen LogP contribution in [-0.2, 0) is 6.42 Å². The van der Waals surface area contributed by atoms with Crippen LogP contribution in [0.3, 0.4) is 0 Å². The first kappa shape index (κ1) is 16.2. The summed E-state index contributed by atoms with van der Waals surface area (Å²) in [5.74, 6) is 0.345. The molecular weight excluding hydrogens is 278 g/mol. The van der Waals surface area contributed by atoms with Gasteiger partial charge in [-0.2, -0.15) is 0 Å². The SMILES string of the molecule is C[C@H](CC[C@H](O)c1cc(O)cc(O)c1)Cc1ccc(N)cc1. The minimum absolute atomic E-state index is 0.0380. The van der Waals surface area contributed by atoms with Crippen LogP contribution >= 0.6 is 0 Å². The third kappa shape index (κ3) is 4.67. The number of rotatable bonds is 6. The molecule has 0 aliphatic heterocycles. The second-order valence-corrected chi connectivity index (χ2v) is 5.93. The van der Waals surface area contributed by atoms with E-state index in [1.54, 1.807) is 0 Å². The highest BCUT2D eigenvalue weighted by molar-refractivity contribution is 5.39. The molecule has 4 heteroatoms. The fourth-order valence-electron chi connectivity index (χ4n) is 2.58. The Morgan fingerprint density at radius 2 is 1.55 bits per heavy atom. The largest absolute Gasteiger partial charge is 0.508 e. The molecule has 118 valence electrons. The van der Waals surface area contributed by atoms with E-state index < -0.39 is 6.10 Å². The highest BCUT2D eigenvalue weighted by atomic mass is 16.3. The van der Waals surface area contributed by atoms with Crippen molar-refractivity contribution in [3.8, 4) is 11.5 Å². The van der Waals surface area contributed by atoms with E-state index in [4.69, 9.17) is 5.73 Å². The molecule has 5 N–H and O–H groups in total. The first-order chi connectivity index (χ1) is 10.4. The van der Waals surface area contributed by atoms with Gasteiger partial charge in [0.1, 0.15) is 11.5 Å². The Bertz CT molecular complexity index is 590. The van der Waals surface area contributed by atoms with Gasteiger partial charge in [-0.15, -0.1) is 0 Å². The van der Waals surface area contributed by atoms with E-state index in [0.29, 0.717) is 17.9 Å². The van der Waals surface area contributed by atoms with E-state index in [-0.39, 0.29) is 11.5 Å². The summed E-state index contributed by atoms with van der Waals surface area (Å²) in [7, 11) is 0. The number of nitrogens with two attached hydrogens (primary N) is 1. The summed E-state index contributed by atoms with van der Waals surface area (Å²) >= 11 is 0. The van der Waals surface area contributed by atoms with Gasteiger partial charge in [0.25, 0.3) is 0 Å². The molecule has 0 saturated carbocycles. The molecule has 0 heterocycles. The molecule has 0 fully saturated rings. The van der Waals surface area contributed by atoms with E-state index in [9.17, 15) is 15.3 Å². The lowest BCUT2D eigenvalue weighted by Crippen LogP contribution is -2.04. The third-order valence-corrected chi connectivity index (χ3v) is 3.81. The number of phenolic OH excluding ortho intramolecular Hbond substituents is 2. The van der Waals surface area contributed by atoms with Crippen LogP contribution in [0.25, 0.3) is 0 Å². The Balaban J connectivity index is 1.87. The summed E-state index contributed by atoms with van der Waals surface area (Å²) in [6, 6.07) is 12.0. The third-order valence-electron chi connectivity index (χ3n) is 3.81. The van der Waals surface area contributed by atoms with Gasteiger partial charge in [-0.25, -0.2) is 0 Å². The number of hydrogen-bond acceptors (Lipinski definition) is 4. The van der Waals surface area contributed by atoms with Gasteiger partial charge in [0.2, 0.25) is 0 Å². The second kappa shape index (κ2) is 7.18. The quantitative estimate of drug-likeness (QED) is 0.616. The molecule has 0 unspecified atom stereocenters. The van der Waals surface area contributed by atoms with Gasteiger partial charge in [0.05, 0.1) is 6.10 Å². The molecule has 2 rings (SSSR count). The fraction of sp³-hybridized carbons (Fsp3) is 0.333. The molecule has 4 nitrogen and oxygen atoms in total. The Morgan fingerprint density at radius 3 is 2.14 bits per heavy atom. The van der Waals surface area contributed by atoms with Crippen LogP contribution in [0.4, 0.5) is 5.69 Å². The van der Waals surface area contributed by atoms with Crippen molar-refractivity contribution >= 4 is 5.69 Å². The summed E-state index contributed by atoms with van der Waals surface area (Å²) in [6.45, 7) is 2.14. The number of anilines is 1. The number of aliphatic hydroxyl groups is 1. The van der Waals surface area contributed by atoms with Gasteiger partial charge in [-0.1, -0.05) is 19.1 Å². The van der Waals surface area contributed by atoms with Crippen LogP contribution < -0.4 is 5.73 Å². The molecular formula is C18H23NO3. The van der Waals surface area contributed by atoms with Gasteiger partial charge in [-0.05, 0) is 60.6 Å². The first-order valence-electron chi connectivity index (χ1n) is 7.49. The highest BCUT2D eigenvalue weighted by Gasteiger charge is 2.12. The van der Waals surface area contributed by atoms with Crippen molar-refractivity contribution in [2.24, 2.45) is 5.92 Å². The molecule has 0 aliphatic carbocycles. The number of benzene rings is 2. The Morgan fingerprint density at radius 1 is 0.955 bits per heavy atom. The first-order valence-corrected chi connectivity index (χ1v) is 7.49. The zero-order valence-electron chi connectivity index (χ0n) is 12.7. The number of hydrogen-bond donors (Lipinski definition) is 4. The van der Waals surface area contributed by atoms with E-state index in [1.807, 2.05) is 24.3 Å². The lowest BCUT2D eigenvalue weighted by molar-refractivity contribution is 0.157. The Labute approximate surface area is 130 Å². The van der Waals surface area contributed by atoms with Gasteiger partial charge < -0.3 is 21.1 Å². The molecule has 22 heavy (non-hydrogen) atoms. The monoisotopic (exact) mass is 301 g/mol. The normalized spacial score (nSPS) is 13.7. The topological polar surface area (TPSA) is 86.7 Å². The molecule has 2 aromatic carbocycles. The fourth-order valence-corrected chi connectivity index (χ4v) is 2.58. The predicted molar refractivity (Wildman–Crippen MR) is 87.7 cm³/mol. The summed E-state index contributed by atoms with van der Waals surface area (Å²) in [5.41, 5.74) is 8.20. The van der Waals surface area contributed by atoms with Crippen molar-refractivity contribution in [3.05, 3.63) is 53.6 Å². The molecule has 0 aromatic heterocycles. The number of aliphatic hydroxyl groups excluding tert-OH is 1. The highest BCUT2D eigenvalue weighted by Crippen LogP contribution is 2.28. The summed E-state index contributed by atoms with van der Waals surface area (Å²) in [5, 5.41) is 29.1. The zero-order chi connectivity index (χ0) is 16.1. The molecule has 0 aliphatic rings. The lowest BCUT2D eigenvalue weighted by Gasteiger charge is -2.16. The van der Waals surface area contributed by atoms with Crippen molar-refractivity contribution in [2.75, 3.05) is 5.73 Å². The second-order valence-electron chi connectivity index (χ2n) is 5.93. The van der Waals surface area contributed by atoms with Crippen molar-refractivity contribution in [3.63, 3.8) is 0 Å². The van der Waals surface area contributed by atoms with Crippen LogP contribution in [0.5, 0.6) is 11.5 Å². The van der Waals surface area contributed by atoms with Crippen molar-refractivity contribution in [2.45, 2.75) is 32.3 Å². The van der Waals surface area contributed by atoms with Crippen LogP contribution in [-0.4, -0.2) is 15.3 Å². The van der Waals surface area contributed by atoms with Crippen molar-refractivity contribution < 1.29 is 15.3 Å². The van der Waals surface area contributed by atoms with Crippen LogP contribution in [0.15, 0.2) is 42.5 Å². The minimum atomic E-state index is -0.688. The Kier molecular flexibility index (Phi) is 5.28. The predicted octanol–water partition coefficient (Wildman–Crippen LogP) is 3.37. The molecule has 0 saturated heterocycles. The van der Waals surface area contributed by atoms with E-state index >= 15 is 0 Å². The smallest absolute Gasteiger partial charge is 0.119 e. The summed E-state index contributed by atoms with van der Waals surface area (Å²) in [6.07, 6.45) is 1.67. The van der Waals surface area contributed by atoms with Gasteiger partial charge in [0.15, 0.2) is 0 Å². The van der Waals surface area contributed by atoms with E-state index in [0.717, 1.165) is 18.5 Å². The van der Waals surface area contributed by atoms with Crippen LogP contribution in [0.2, 0.25) is 0 Å². The van der Waals surface area contributed by atoms with Crippen molar-refractivity contribution in [1.29, 1.82) is 0 Å². The Hall–Kier alpha value is -2.20. The maximum Gasteiger partial charge on any atom is 0.119 e. The average Bonchev–Trinajstić information content (AvgIpc) is 2.46. The van der Waals surface area contributed by atoms with Crippen molar-refractivity contribution in [1.82, 2.24) is 0 Å². The molecule has 2 atom stereocenters. The van der Waals surface area contributed by atoms with Gasteiger partial charge in [-0.3, -0.25) is 0 Å². The average molecular weight is 301 g/mol. The molecule has 0 spiro atoms. The van der Waals surface area contributed by atoms with Gasteiger partial charge >= 0.3 is 0 Å². The molecule has 0 amide bonds. The lowest BCUT2D eigenvalue weighted by atomic mass is 9.93.